The summed E-state index contributed by atoms with van der Waals surface area (Å²) in [6.45, 7) is 7.85. The molecule has 0 saturated carbocycles. The van der Waals surface area contributed by atoms with Crippen LogP contribution in [-0.4, -0.2) is 76.5 Å². The summed E-state index contributed by atoms with van der Waals surface area (Å²) < 4.78 is 7.58. The predicted octanol–water partition coefficient (Wildman–Crippen LogP) is 0.630. The Hall–Kier alpha value is -1.67. The fourth-order valence-corrected chi connectivity index (χ4v) is 3.50. The number of likely N-dealkylation sites (tertiary alicyclic amines) is 1. The summed E-state index contributed by atoms with van der Waals surface area (Å²) in [5, 5.41) is 11.0. The fraction of sp³-hybridized carbons (Fsp3) is 0.812. The van der Waals surface area contributed by atoms with Crippen molar-refractivity contribution in [3.8, 4) is 0 Å². The van der Waals surface area contributed by atoms with E-state index in [-0.39, 0.29) is 12.1 Å². The highest BCUT2D eigenvalue weighted by Gasteiger charge is 2.28. The van der Waals surface area contributed by atoms with Crippen LogP contribution in [-0.2, 0) is 11.8 Å². The van der Waals surface area contributed by atoms with Crippen LogP contribution in [0.2, 0.25) is 0 Å². The maximum absolute atomic E-state index is 12.4. The normalized spacial score (nSPS) is 25.7. The number of hydrogen-bond donors (Lipinski definition) is 1. The molecule has 0 unspecified atom stereocenters. The molecular weight excluding hydrogens is 308 g/mol. The number of rotatable bonds is 4. The van der Waals surface area contributed by atoms with E-state index in [0.29, 0.717) is 26.2 Å². The second-order valence-electron chi connectivity index (χ2n) is 6.89. The van der Waals surface area contributed by atoms with Gasteiger partial charge in [0.25, 0.3) is 0 Å². The number of carbonyl (C=O) groups is 1. The molecule has 134 valence electrons. The van der Waals surface area contributed by atoms with Gasteiger partial charge in [-0.15, -0.1) is 10.2 Å². The highest BCUT2D eigenvalue weighted by molar-refractivity contribution is 5.74. The second-order valence-corrected chi connectivity index (χ2v) is 6.89. The largest absolute Gasteiger partial charge is 0.366 e. The predicted molar refractivity (Wildman–Crippen MR) is 89.5 cm³/mol. The monoisotopic (exact) mass is 336 g/mol. The number of amides is 2. The molecule has 2 aliphatic rings. The van der Waals surface area contributed by atoms with E-state index in [1.807, 2.05) is 16.5 Å². The molecule has 0 aliphatic carbocycles. The SMILES string of the molecule is C[C@H]1CCCN(CCNC(=O)N2CCO[C@@H](c3nncn3C)C2)C1. The van der Waals surface area contributed by atoms with Gasteiger partial charge in [0.15, 0.2) is 5.82 Å². The zero-order valence-electron chi connectivity index (χ0n) is 14.6. The van der Waals surface area contributed by atoms with Crippen LogP contribution in [0.15, 0.2) is 6.33 Å². The van der Waals surface area contributed by atoms with Crippen molar-refractivity contribution in [2.45, 2.75) is 25.9 Å². The van der Waals surface area contributed by atoms with Crippen LogP contribution in [0, 0.1) is 5.92 Å². The van der Waals surface area contributed by atoms with E-state index in [1.54, 1.807) is 6.33 Å². The highest BCUT2D eigenvalue weighted by Crippen LogP contribution is 2.19. The molecule has 2 saturated heterocycles. The zero-order chi connectivity index (χ0) is 16.9. The van der Waals surface area contributed by atoms with Crippen LogP contribution in [0.3, 0.4) is 0 Å². The highest BCUT2D eigenvalue weighted by atomic mass is 16.5. The Balaban J connectivity index is 1.44. The van der Waals surface area contributed by atoms with Crippen molar-refractivity contribution in [1.82, 2.24) is 29.9 Å². The molecule has 3 rings (SSSR count). The van der Waals surface area contributed by atoms with Crippen LogP contribution < -0.4 is 5.32 Å². The molecule has 24 heavy (non-hydrogen) atoms. The van der Waals surface area contributed by atoms with Crippen LogP contribution in [0.1, 0.15) is 31.7 Å². The number of hydrogen-bond acceptors (Lipinski definition) is 5. The molecule has 1 aromatic rings. The average molecular weight is 336 g/mol. The van der Waals surface area contributed by atoms with Gasteiger partial charge in [0.05, 0.1) is 13.2 Å². The lowest BCUT2D eigenvalue weighted by Crippen LogP contribution is -2.49. The number of morpholine rings is 1. The molecule has 1 N–H and O–H groups in total. The Kier molecular flexibility index (Phi) is 5.68. The van der Waals surface area contributed by atoms with Crippen molar-refractivity contribution in [2.75, 3.05) is 45.9 Å². The third-order valence-electron chi connectivity index (χ3n) is 4.83. The Bertz CT molecular complexity index is 548. The van der Waals surface area contributed by atoms with Crippen LogP contribution in [0.4, 0.5) is 4.79 Å². The topological polar surface area (TPSA) is 75.5 Å². The molecule has 2 fully saturated rings. The number of carbonyl (C=O) groups excluding carboxylic acids is 1. The van der Waals surface area contributed by atoms with Crippen molar-refractivity contribution < 1.29 is 9.53 Å². The van der Waals surface area contributed by atoms with Crippen molar-refractivity contribution in [1.29, 1.82) is 0 Å². The molecule has 0 radical (unpaired) electrons. The molecule has 0 aromatic carbocycles. The van der Waals surface area contributed by atoms with Gasteiger partial charge in [0.1, 0.15) is 12.4 Å². The van der Waals surface area contributed by atoms with Crippen molar-refractivity contribution in [2.24, 2.45) is 13.0 Å². The number of aryl methyl sites for hydroxylation is 1. The van der Waals surface area contributed by atoms with E-state index in [9.17, 15) is 4.79 Å². The molecule has 8 nitrogen and oxygen atoms in total. The summed E-state index contributed by atoms with van der Waals surface area (Å²) in [6, 6.07) is -0.0180. The molecule has 0 spiro atoms. The lowest BCUT2D eigenvalue weighted by Gasteiger charge is -2.33. The summed E-state index contributed by atoms with van der Waals surface area (Å²) in [5.41, 5.74) is 0. The Morgan fingerprint density at radius 1 is 1.42 bits per heavy atom. The van der Waals surface area contributed by atoms with Gasteiger partial charge in [-0.05, 0) is 25.3 Å². The van der Waals surface area contributed by atoms with Gasteiger partial charge in [0, 0.05) is 33.2 Å². The molecule has 2 atom stereocenters. The number of nitrogens with one attached hydrogen (secondary N) is 1. The molecule has 0 bridgehead atoms. The van der Waals surface area contributed by atoms with E-state index in [4.69, 9.17) is 4.74 Å². The number of ether oxygens (including phenoxy) is 1. The van der Waals surface area contributed by atoms with E-state index in [2.05, 4.69) is 27.3 Å². The Labute approximate surface area is 143 Å². The minimum atomic E-state index is -0.208. The maximum Gasteiger partial charge on any atom is 0.317 e. The van der Waals surface area contributed by atoms with E-state index in [0.717, 1.165) is 31.4 Å². The summed E-state index contributed by atoms with van der Waals surface area (Å²) >= 11 is 0. The van der Waals surface area contributed by atoms with Crippen LogP contribution in [0.25, 0.3) is 0 Å². The van der Waals surface area contributed by atoms with Crippen LogP contribution in [0.5, 0.6) is 0 Å². The summed E-state index contributed by atoms with van der Waals surface area (Å²) in [6.07, 6.45) is 4.02. The molecule has 2 amide bonds. The summed E-state index contributed by atoms with van der Waals surface area (Å²) in [7, 11) is 1.89. The first kappa shape index (κ1) is 17.2. The van der Waals surface area contributed by atoms with Gasteiger partial charge in [-0.25, -0.2) is 4.79 Å². The third-order valence-corrected chi connectivity index (χ3v) is 4.83. The third kappa shape index (κ3) is 4.24. The van der Waals surface area contributed by atoms with Gasteiger partial charge < -0.3 is 24.4 Å². The molecular formula is C16H28N6O2. The molecule has 8 heteroatoms. The number of aromatic nitrogens is 3. The zero-order valence-corrected chi connectivity index (χ0v) is 14.6. The van der Waals surface area contributed by atoms with Gasteiger partial charge in [-0.1, -0.05) is 6.92 Å². The smallest absolute Gasteiger partial charge is 0.317 e. The summed E-state index contributed by atoms with van der Waals surface area (Å²) in [5.74, 6) is 1.52. The first-order chi connectivity index (χ1) is 11.6. The molecule has 2 aliphatic heterocycles. The van der Waals surface area contributed by atoms with Crippen molar-refractivity contribution >= 4 is 6.03 Å². The minimum absolute atomic E-state index is 0.0180. The minimum Gasteiger partial charge on any atom is -0.366 e. The number of nitrogens with zero attached hydrogens (tertiary/aromatic N) is 5. The first-order valence-electron chi connectivity index (χ1n) is 8.84. The van der Waals surface area contributed by atoms with Gasteiger partial charge in [-0.3, -0.25) is 0 Å². The second kappa shape index (κ2) is 7.94. The lowest BCUT2D eigenvalue weighted by molar-refractivity contribution is -0.0214. The van der Waals surface area contributed by atoms with E-state index >= 15 is 0 Å². The number of piperidine rings is 1. The van der Waals surface area contributed by atoms with E-state index in [1.165, 1.54) is 12.8 Å². The Morgan fingerprint density at radius 2 is 2.29 bits per heavy atom. The Morgan fingerprint density at radius 3 is 3.04 bits per heavy atom. The van der Waals surface area contributed by atoms with Gasteiger partial charge in [-0.2, -0.15) is 0 Å². The van der Waals surface area contributed by atoms with E-state index < -0.39 is 0 Å². The lowest BCUT2D eigenvalue weighted by atomic mass is 10.0. The quantitative estimate of drug-likeness (QED) is 0.873. The van der Waals surface area contributed by atoms with Gasteiger partial charge >= 0.3 is 6.03 Å². The average Bonchev–Trinajstić information content (AvgIpc) is 3.01. The first-order valence-corrected chi connectivity index (χ1v) is 8.84. The van der Waals surface area contributed by atoms with Crippen molar-refractivity contribution in [3.63, 3.8) is 0 Å². The molecule has 3 heterocycles. The maximum atomic E-state index is 12.4. The van der Waals surface area contributed by atoms with Gasteiger partial charge in [0.2, 0.25) is 0 Å². The number of urea groups is 1. The van der Waals surface area contributed by atoms with Crippen molar-refractivity contribution in [3.05, 3.63) is 12.2 Å². The standard InChI is InChI=1S/C16H28N6O2/c1-13-4-3-6-21(10-13)7-5-17-16(23)22-8-9-24-14(11-22)15-19-18-12-20(15)2/h12-14H,3-11H2,1-2H3,(H,17,23)/t13-,14+/m0/s1. The van der Waals surface area contributed by atoms with Crippen LogP contribution >= 0.6 is 0 Å². The summed E-state index contributed by atoms with van der Waals surface area (Å²) in [4.78, 5) is 16.6. The fourth-order valence-electron chi connectivity index (χ4n) is 3.50. The molecule has 1 aromatic heterocycles.